The van der Waals surface area contributed by atoms with Crippen molar-refractivity contribution in [2.24, 2.45) is 0 Å². The van der Waals surface area contributed by atoms with Gasteiger partial charge in [0.1, 0.15) is 0 Å². The van der Waals surface area contributed by atoms with E-state index in [1.54, 1.807) is 0 Å². The first-order valence-corrected chi connectivity index (χ1v) is 10.8. The molecule has 25 heavy (non-hydrogen) atoms. The van der Waals surface area contributed by atoms with E-state index < -0.39 is 30.2 Å². The third-order valence-electron chi connectivity index (χ3n) is 3.38. The van der Waals surface area contributed by atoms with Gasteiger partial charge in [0.05, 0.1) is 0 Å². The fraction of sp³-hybridized carbons (Fsp3) is 0.235. The smallest absolute Gasteiger partial charge is 0.0373 e. The summed E-state index contributed by atoms with van der Waals surface area (Å²) in [4.78, 5) is 10.7. The van der Waals surface area contributed by atoms with E-state index in [0.717, 1.165) is 11.8 Å². The van der Waals surface area contributed by atoms with E-state index in [9.17, 15) is 13.6 Å². The van der Waals surface area contributed by atoms with E-state index in [4.69, 9.17) is 13.9 Å². The van der Waals surface area contributed by atoms with Crippen molar-refractivity contribution in [1.29, 1.82) is 0 Å². The molecule has 0 spiro atoms. The predicted molar refractivity (Wildman–Crippen MR) is 98.0 cm³/mol. The molecule has 0 radical (unpaired) electrons. The molecular weight excluding hydrogens is 387 g/mol. The Bertz CT molecular complexity index is 807. The number of hydrogen-bond acceptors (Lipinski definition) is 4. The Morgan fingerprint density at radius 2 is 1.64 bits per heavy atom. The molecule has 0 aromatic heterocycles. The van der Waals surface area contributed by atoms with Crippen LogP contribution in [0.5, 0.6) is 5.75 Å². The third kappa shape index (κ3) is 5.97. The van der Waals surface area contributed by atoms with Crippen molar-refractivity contribution in [1.82, 2.24) is 0 Å². The van der Waals surface area contributed by atoms with Gasteiger partial charge in [-0.25, -0.2) is 0 Å². The summed E-state index contributed by atoms with van der Waals surface area (Å²) >= 11 is -5.15. The summed E-state index contributed by atoms with van der Waals surface area (Å²) in [6, 6.07) is 8.03. The van der Waals surface area contributed by atoms with Crippen LogP contribution in [-0.2, 0) is 8.53 Å². The molecule has 7 nitrogen and oxygen atoms in total. The van der Waals surface area contributed by atoms with Gasteiger partial charge in [0, 0.05) is 5.69 Å². The minimum Gasteiger partial charge on any atom is -0.398 e. The topological polar surface area (TPSA) is 133 Å². The number of amides is 1. The molecule has 1 amide bonds. The number of phenols is 1. The maximum atomic E-state index is 11.0. The number of nitrogens with two attached hydrogens (primary N) is 1. The molecule has 0 fully saturated rings. The molecule has 2 rings (SSSR count). The van der Waals surface area contributed by atoms with E-state index in [0.29, 0.717) is 0 Å². The largest absolute Gasteiger partial charge is 0.398 e. The van der Waals surface area contributed by atoms with Crippen LogP contribution >= 0.6 is 0 Å². The van der Waals surface area contributed by atoms with Gasteiger partial charge in [-0.1, -0.05) is 17.7 Å². The van der Waals surface area contributed by atoms with Crippen LogP contribution < -0.4 is 15.4 Å². The number of carbonyl (C=O) groups is 1. The second-order valence-electron chi connectivity index (χ2n) is 5.71. The van der Waals surface area contributed by atoms with E-state index in [-0.39, 0.29) is 5.69 Å². The van der Waals surface area contributed by atoms with Crippen molar-refractivity contribution in [3.8, 4) is 5.75 Å². The zero-order valence-corrected chi connectivity index (χ0v) is 16.4. The molecule has 0 aliphatic carbocycles. The molecule has 0 bridgehead atoms. The second-order valence-corrected chi connectivity index (χ2v) is 9.00. The third-order valence-corrected chi connectivity index (χ3v) is 5.45. The molecule has 0 heterocycles. The number of nitrogens with one attached hydrogen (secondary N) is 1. The average molecular weight is 410 g/mol. The monoisotopic (exact) mass is 410 g/mol. The number of phenolic OH excluding ortho intramolecular Hbond substituents is 1. The number of aromatic hydroxyl groups is 1. The van der Waals surface area contributed by atoms with Crippen molar-refractivity contribution in [2.75, 3.05) is 11.1 Å². The number of anilines is 2. The first kappa shape index (κ1) is 20.8. The van der Waals surface area contributed by atoms with Crippen LogP contribution in [0.1, 0.15) is 23.6 Å². The summed E-state index contributed by atoms with van der Waals surface area (Å²) in [5.74, 6) is -1.01. The maximum absolute atomic E-state index is 11.0. The zero-order chi connectivity index (χ0) is 19.4. The molecule has 136 valence electrons. The number of para-hydroxylation sites is 1. The van der Waals surface area contributed by atoms with Gasteiger partial charge >= 0.3 is 88.1 Å². The molecule has 0 atom stereocenters. The van der Waals surface area contributed by atoms with E-state index in [1.165, 1.54) is 35.7 Å². The van der Waals surface area contributed by atoms with E-state index >= 15 is 0 Å². The Balaban J connectivity index is 0.000000271. The van der Waals surface area contributed by atoms with Crippen molar-refractivity contribution < 1.29 is 21.8 Å². The molecule has 2 aromatic rings. The average Bonchev–Trinajstić information content (AvgIpc) is 2.46. The Hall–Kier alpha value is -2.21. The van der Waals surface area contributed by atoms with Crippen molar-refractivity contribution in [2.45, 2.75) is 27.7 Å². The maximum Gasteiger partial charge on any atom is 0.0373 e. The number of carbonyl (C=O) groups excluding carboxylic acids is 1. The SMILES string of the molecule is CC(=O)Nc1cccc([As](=O)(O)O)c1O.Cc1cc(C)c(N)c(C)c1. The summed E-state index contributed by atoms with van der Waals surface area (Å²) in [7, 11) is 0. The van der Waals surface area contributed by atoms with Crippen LogP contribution in [0, 0.1) is 20.8 Å². The fourth-order valence-corrected chi connectivity index (χ4v) is 3.67. The van der Waals surface area contributed by atoms with Gasteiger partial charge in [0.15, 0.2) is 0 Å². The molecule has 0 saturated carbocycles. The normalized spacial score (nSPS) is 10.6. The van der Waals surface area contributed by atoms with Crippen LogP contribution in [0.2, 0.25) is 0 Å². The van der Waals surface area contributed by atoms with Crippen molar-refractivity contribution in [3.05, 3.63) is 47.0 Å². The molecule has 0 aliphatic heterocycles. The van der Waals surface area contributed by atoms with Gasteiger partial charge in [-0.2, -0.15) is 0 Å². The number of hydrogen-bond donors (Lipinski definition) is 5. The minimum atomic E-state index is -5.15. The van der Waals surface area contributed by atoms with Crippen LogP contribution in [0.15, 0.2) is 30.3 Å². The van der Waals surface area contributed by atoms with Gasteiger partial charge < -0.3 is 5.73 Å². The molecule has 0 aliphatic rings. The quantitative estimate of drug-likeness (QED) is 0.286. The standard InChI is InChI=1S/C9H13N.C8H10AsNO5/c1-6-4-7(2)9(10)8(3)5-6;1-5(11)10-7-4-2-3-6(8(7)12)9(13,14)15/h4-5H,10H2,1-3H3;2-4,12H,1H3,(H,10,11)(H2,13,14,15). The number of nitrogen functional groups attached to an aromatic ring is 1. The van der Waals surface area contributed by atoms with Gasteiger partial charge in [0.25, 0.3) is 0 Å². The zero-order valence-electron chi connectivity index (χ0n) is 14.6. The van der Waals surface area contributed by atoms with Gasteiger partial charge in [-0.15, -0.1) is 0 Å². The van der Waals surface area contributed by atoms with Crippen molar-refractivity contribution in [3.63, 3.8) is 0 Å². The molecule has 0 saturated heterocycles. The number of aryl methyl sites for hydroxylation is 3. The van der Waals surface area contributed by atoms with Crippen molar-refractivity contribution >= 4 is 35.8 Å². The molecule has 6 N–H and O–H groups in total. The summed E-state index contributed by atoms with van der Waals surface area (Å²) in [6.07, 6.45) is 0. The number of rotatable bonds is 2. The molecule has 8 heteroatoms. The van der Waals surface area contributed by atoms with Crippen LogP contribution in [0.3, 0.4) is 0 Å². The first-order chi connectivity index (χ1) is 11.4. The van der Waals surface area contributed by atoms with Gasteiger partial charge in [-0.3, -0.25) is 0 Å². The first-order valence-electron chi connectivity index (χ1n) is 7.42. The Kier molecular flexibility index (Phi) is 6.87. The van der Waals surface area contributed by atoms with E-state index in [2.05, 4.69) is 24.4 Å². The van der Waals surface area contributed by atoms with Gasteiger partial charge in [-0.05, 0) is 31.9 Å². The summed E-state index contributed by atoms with van der Waals surface area (Å²) in [5, 5.41) is 11.7. The molecular formula is C17H23AsN2O5. The Morgan fingerprint density at radius 3 is 2.08 bits per heavy atom. The van der Waals surface area contributed by atoms with Crippen LogP contribution in [-0.4, -0.2) is 33.4 Å². The fourth-order valence-electron chi connectivity index (χ4n) is 2.25. The predicted octanol–water partition coefficient (Wildman–Crippen LogP) is 1.11. The van der Waals surface area contributed by atoms with Crippen LogP contribution in [0.25, 0.3) is 0 Å². The summed E-state index contributed by atoms with van der Waals surface area (Å²) in [5.41, 5.74) is 10.3. The minimum absolute atomic E-state index is 0.00951. The molecule has 0 unspecified atom stereocenters. The van der Waals surface area contributed by atoms with E-state index in [1.807, 2.05) is 13.8 Å². The second kappa shape index (κ2) is 8.25. The van der Waals surface area contributed by atoms with Gasteiger partial charge in [0.2, 0.25) is 0 Å². The molecule has 2 aromatic carbocycles. The Labute approximate surface area is 149 Å². The number of benzene rings is 2. The summed E-state index contributed by atoms with van der Waals surface area (Å²) in [6.45, 7) is 7.39. The van der Waals surface area contributed by atoms with Crippen LogP contribution in [0.4, 0.5) is 11.4 Å². The summed E-state index contributed by atoms with van der Waals surface area (Å²) < 4.78 is 28.4. The Morgan fingerprint density at radius 1 is 1.12 bits per heavy atom.